The van der Waals surface area contributed by atoms with Crippen LogP contribution in [0.15, 0.2) is 48.5 Å². The van der Waals surface area contributed by atoms with E-state index in [1.807, 2.05) is 35.2 Å². The van der Waals surface area contributed by atoms with Gasteiger partial charge in [0.2, 0.25) is 11.8 Å². The van der Waals surface area contributed by atoms with Gasteiger partial charge in [-0.1, -0.05) is 36.4 Å². The molecule has 2 heterocycles. The lowest BCUT2D eigenvalue weighted by molar-refractivity contribution is -0.134. The fourth-order valence-electron chi connectivity index (χ4n) is 5.26. The number of amides is 2. The third kappa shape index (κ3) is 9.10. The molecular formula is C33H43N3O8. The summed E-state index contributed by atoms with van der Waals surface area (Å²) in [6.45, 7) is 6.21. The van der Waals surface area contributed by atoms with Crippen LogP contribution in [0.2, 0.25) is 0 Å². The molecule has 0 bridgehead atoms. The Morgan fingerprint density at radius 1 is 0.977 bits per heavy atom. The van der Waals surface area contributed by atoms with Crippen molar-refractivity contribution >= 4 is 23.4 Å². The van der Waals surface area contributed by atoms with Gasteiger partial charge in [-0.15, -0.1) is 0 Å². The lowest BCUT2D eigenvalue weighted by Crippen LogP contribution is -2.50. The van der Waals surface area contributed by atoms with Gasteiger partial charge in [0.05, 0.1) is 52.7 Å². The highest BCUT2D eigenvalue weighted by atomic mass is 16.6. The molecule has 2 fully saturated rings. The fraction of sp³-hybridized carbons (Fsp3) is 0.515. The summed E-state index contributed by atoms with van der Waals surface area (Å²) >= 11 is 0. The first-order valence-corrected chi connectivity index (χ1v) is 15.0. The highest BCUT2D eigenvalue weighted by Gasteiger charge is 2.50. The van der Waals surface area contributed by atoms with Crippen LogP contribution in [-0.4, -0.2) is 99.6 Å². The maximum absolute atomic E-state index is 13.9. The molecule has 0 aliphatic carbocycles. The number of ketones is 2. The molecule has 2 amide bonds. The summed E-state index contributed by atoms with van der Waals surface area (Å²) in [6, 6.07) is 13.0. The number of nitrogens with zero attached hydrogens (tertiary/aromatic N) is 1. The number of rotatable bonds is 16. The van der Waals surface area contributed by atoms with Gasteiger partial charge in [-0.05, 0) is 43.9 Å². The van der Waals surface area contributed by atoms with E-state index in [1.165, 1.54) is 7.11 Å². The van der Waals surface area contributed by atoms with Gasteiger partial charge in [0.15, 0.2) is 11.6 Å². The standard InChI is InChI=1S/C33H43N3O8/c1-22(34-30(38)20-36-12-14-43-15-13-36)28(37)18-25(17-24-10-11-26(41-3)19-29(24)42-4)32(40)35-27(31(39)33(2)21-44-33)16-23-8-6-5-7-9-23/h5-11,19,22,25,27H,12-18,20-21H2,1-4H3,(H,34,38)(H,35,40)/t22-,25+,27-,33+/m0/s1. The van der Waals surface area contributed by atoms with Gasteiger partial charge in [-0.25, -0.2) is 0 Å². The number of carbonyl (C=O) groups is 4. The minimum Gasteiger partial charge on any atom is -0.497 e. The molecular weight excluding hydrogens is 566 g/mol. The van der Waals surface area contributed by atoms with Crippen LogP contribution in [0.3, 0.4) is 0 Å². The Morgan fingerprint density at radius 2 is 1.68 bits per heavy atom. The Balaban J connectivity index is 1.51. The molecule has 4 atom stereocenters. The molecule has 44 heavy (non-hydrogen) atoms. The summed E-state index contributed by atoms with van der Waals surface area (Å²) in [5.41, 5.74) is 0.640. The molecule has 2 saturated heterocycles. The van der Waals surface area contributed by atoms with E-state index in [9.17, 15) is 19.2 Å². The van der Waals surface area contributed by atoms with Crippen LogP contribution in [0.1, 0.15) is 31.4 Å². The van der Waals surface area contributed by atoms with E-state index < -0.39 is 29.5 Å². The van der Waals surface area contributed by atoms with Crippen molar-refractivity contribution in [1.29, 1.82) is 0 Å². The maximum atomic E-state index is 13.9. The van der Waals surface area contributed by atoms with Crippen molar-refractivity contribution in [3.8, 4) is 11.5 Å². The highest BCUT2D eigenvalue weighted by molar-refractivity contribution is 5.98. The van der Waals surface area contributed by atoms with Crippen molar-refractivity contribution in [2.45, 2.75) is 50.8 Å². The summed E-state index contributed by atoms with van der Waals surface area (Å²) < 4.78 is 21.6. The zero-order valence-electron chi connectivity index (χ0n) is 25.9. The van der Waals surface area contributed by atoms with Gasteiger partial charge in [0.1, 0.15) is 17.1 Å². The highest BCUT2D eigenvalue weighted by Crippen LogP contribution is 2.30. The van der Waals surface area contributed by atoms with Crippen LogP contribution in [0.5, 0.6) is 11.5 Å². The minimum absolute atomic E-state index is 0.153. The van der Waals surface area contributed by atoms with Crippen LogP contribution in [0.25, 0.3) is 0 Å². The second-order valence-corrected chi connectivity index (χ2v) is 11.6. The molecule has 2 aromatic carbocycles. The molecule has 0 aromatic heterocycles. The monoisotopic (exact) mass is 609 g/mol. The smallest absolute Gasteiger partial charge is 0.234 e. The summed E-state index contributed by atoms with van der Waals surface area (Å²) in [5, 5.41) is 5.72. The largest absolute Gasteiger partial charge is 0.497 e. The van der Waals surface area contributed by atoms with E-state index in [4.69, 9.17) is 18.9 Å². The molecule has 2 aliphatic rings. The molecule has 0 unspecified atom stereocenters. The number of methoxy groups -OCH3 is 2. The Bertz CT molecular complexity index is 1310. The number of ether oxygens (including phenoxy) is 4. The average Bonchev–Trinajstić information content (AvgIpc) is 3.79. The first kappa shape index (κ1) is 33.1. The number of epoxide rings is 1. The number of morpholine rings is 1. The van der Waals surface area contributed by atoms with Crippen LogP contribution >= 0.6 is 0 Å². The van der Waals surface area contributed by atoms with Crippen molar-refractivity contribution in [3.05, 3.63) is 59.7 Å². The molecule has 0 radical (unpaired) electrons. The molecule has 4 rings (SSSR count). The van der Waals surface area contributed by atoms with Gasteiger partial charge in [0, 0.05) is 31.5 Å². The molecule has 2 aliphatic heterocycles. The van der Waals surface area contributed by atoms with Gasteiger partial charge in [-0.3, -0.25) is 24.1 Å². The number of hydrogen-bond donors (Lipinski definition) is 2. The van der Waals surface area contributed by atoms with E-state index in [1.54, 1.807) is 39.2 Å². The third-order valence-corrected chi connectivity index (χ3v) is 8.12. The van der Waals surface area contributed by atoms with Gasteiger partial charge in [-0.2, -0.15) is 0 Å². The zero-order valence-corrected chi connectivity index (χ0v) is 25.9. The first-order valence-electron chi connectivity index (χ1n) is 15.0. The molecule has 238 valence electrons. The van der Waals surface area contributed by atoms with E-state index in [0.717, 1.165) is 5.56 Å². The second kappa shape index (κ2) is 15.3. The van der Waals surface area contributed by atoms with Crippen LogP contribution in [0.4, 0.5) is 0 Å². The minimum atomic E-state index is -0.948. The number of nitrogens with one attached hydrogen (secondary N) is 2. The lowest BCUT2D eigenvalue weighted by atomic mass is 9.89. The maximum Gasteiger partial charge on any atom is 0.234 e. The first-order chi connectivity index (χ1) is 21.1. The van der Waals surface area contributed by atoms with Gasteiger partial charge < -0.3 is 29.6 Å². The number of hydrogen-bond acceptors (Lipinski definition) is 9. The summed E-state index contributed by atoms with van der Waals surface area (Å²) in [6.07, 6.45) is 0.296. The molecule has 0 spiro atoms. The second-order valence-electron chi connectivity index (χ2n) is 11.6. The Morgan fingerprint density at radius 3 is 2.32 bits per heavy atom. The van der Waals surface area contributed by atoms with Gasteiger partial charge in [0.25, 0.3) is 0 Å². The molecule has 0 saturated carbocycles. The van der Waals surface area contributed by atoms with Crippen molar-refractivity contribution in [2.75, 3.05) is 53.7 Å². The molecule has 2 N–H and O–H groups in total. The van der Waals surface area contributed by atoms with E-state index in [-0.39, 0.29) is 43.3 Å². The summed E-state index contributed by atoms with van der Waals surface area (Å²) in [5.74, 6) is -0.967. The fourth-order valence-corrected chi connectivity index (χ4v) is 5.26. The normalized spacial score (nSPS) is 20.1. The summed E-state index contributed by atoms with van der Waals surface area (Å²) in [4.78, 5) is 55.5. The zero-order chi connectivity index (χ0) is 31.7. The van der Waals surface area contributed by atoms with Gasteiger partial charge >= 0.3 is 0 Å². The van der Waals surface area contributed by atoms with E-state index in [0.29, 0.717) is 50.0 Å². The SMILES string of the molecule is COc1ccc(C[C@H](CC(=O)[C@H](C)NC(=O)CN2CCOCC2)C(=O)N[C@@H](Cc2ccccc2)C(=O)[C@@]2(C)CO2)c(OC)c1. The van der Waals surface area contributed by atoms with E-state index >= 15 is 0 Å². The molecule has 11 heteroatoms. The molecule has 11 nitrogen and oxygen atoms in total. The molecule has 2 aromatic rings. The van der Waals surface area contributed by atoms with Crippen LogP contribution in [-0.2, 0) is 41.5 Å². The topological polar surface area (TPSA) is 136 Å². The number of benzene rings is 2. The van der Waals surface area contributed by atoms with E-state index in [2.05, 4.69) is 10.6 Å². The average molecular weight is 610 g/mol. The quantitative estimate of drug-likeness (QED) is 0.273. The van der Waals surface area contributed by atoms with Crippen LogP contribution in [0, 0.1) is 5.92 Å². The Hall–Kier alpha value is -3.80. The summed E-state index contributed by atoms with van der Waals surface area (Å²) in [7, 11) is 3.07. The Kier molecular flexibility index (Phi) is 11.5. The van der Waals surface area contributed by atoms with Crippen molar-refractivity contribution in [2.24, 2.45) is 5.92 Å². The number of carbonyl (C=O) groups excluding carboxylic acids is 4. The lowest BCUT2D eigenvalue weighted by Gasteiger charge is -2.27. The van der Waals surface area contributed by atoms with Crippen molar-refractivity contribution < 1.29 is 38.1 Å². The Labute approximate surface area is 258 Å². The third-order valence-electron chi connectivity index (χ3n) is 8.12. The van der Waals surface area contributed by atoms with Crippen molar-refractivity contribution in [1.82, 2.24) is 15.5 Å². The van der Waals surface area contributed by atoms with Crippen molar-refractivity contribution in [3.63, 3.8) is 0 Å². The van der Waals surface area contributed by atoms with Crippen LogP contribution < -0.4 is 20.1 Å². The number of Topliss-reactive ketones (excluding diaryl/α,β-unsaturated/α-hetero) is 2. The predicted octanol–water partition coefficient (Wildman–Crippen LogP) is 1.74. The predicted molar refractivity (Wildman–Crippen MR) is 163 cm³/mol.